The van der Waals surface area contributed by atoms with E-state index in [4.69, 9.17) is 16.7 Å². The Hall–Kier alpha value is -2.76. The number of hydrogen-bond donors (Lipinski definition) is 4. The van der Waals surface area contributed by atoms with Crippen LogP contribution in [0.2, 0.25) is 0 Å². The molecule has 6 nitrogen and oxygen atoms in total. The molecule has 0 amide bonds. The van der Waals surface area contributed by atoms with Gasteiger partial charge in [-0.25, -0.2) is 0 Å². The molecule has 0 aliphatic rings. The molecule has 18 heavy (non-hydrogen) atoms. The molecule has 0 aliphatic heterocycles. The maximum atomic E-state index is 11.3. The van der Waals surface area contributed by atoms with E-state index >= 15 is 0 Å². The SMILES string of the molecule is N/N=C(\N)c1ccc(-c2ccc(O)c(=O)[nH]2)cc1. The summed E-state index contributed by atoms with van der Waals surface area (Å²) < 4.78 is 0. The second-order valence-corrected chi connectivity index (χ2v) is 3.68. The van der Waals surface area contributed by atoms with Crippen molar-refractivity contribution < 1.29 is 5.11 Å². The summed E-state index contributed by atoms with van der Waals surface area (Å²) in [5.41, 5.74) is 7.13. The van der Waals surface area contributed by atoms with E-state index in [0.717, 1.165) is 5.56 Å². The minimum atomic E-state index is -0.528. The van der Waals surface area contributed by atoms with E-state index in [1.807, 2.05) is 0 Å². The standard InChI is InChI=1S/C12H12N4O2/c13-11(16-14)8-3-1-7(2-4-8)9-5-6-10(17)12(18)15-9/h1-6,17H,14H2,(H2,13,16)(H,15,18). The minimum Gasteiger partial charge on any atom is -0.503 e. The normalized spacial score (nSPS) is 11.4. The van der Waals surface area contributed by atoms with Gasteiger partial charge in [-0.05, 0) is 17.7 Å². The van der Waals surface area contributed by atoms with Gasteiger partial charge in [0.05, 0.1) is 0 Å². The van der Waals surface area contributed by atoms with Crippen LogP contribution in [0, 0.1) is 0 Å². The van der Waals surface area contributed by atoms with Gasteiger partial charge in [0.1, 0.15) is 5.84 Å². The number of nitrogens with one attached hydrogen (secondary N) is 1. The molecular formula is C12H12N4O2. The van der Waals surface area contributed by atoms with Gasteiger partial charge < -0.3 is 21.7 Å². The maximum Gasteiger partial charge on any atom is 0.290 e. The number of rotatable bonds is 2. The van der Waals surface area contributed by atoms with Crippen molar-refractivity contribution in [3.8, 4) is 17.0 Å². The van der Waals surface area contributed by atoms with Crippen molar-refractivity contribution in [1.82, 2.24) is 4.98 Å². The number of aromatic hydroxyl groups is 1. The van der Waals surface area contributed by atoms with Crippen LogP contribution >= 0.6 is 0 Å². The molecule has 0 spiro atoms. The van der Waals surface area contributed by atoms with Crippen LogP contribution in [0.3, 0.4) is 0 Å². The van der Waals surface area contributed by atoms with Crippen LogP contribution in [0.4, 0.5) is 0 Å². The summed E-state index contributed by atoms with van der Waals surface area (Å²) in [5, 5.41) is 12.5. The van der Waals surface area contributed by atoms with Crippen molar-refractivity contribution >= 4 is 5.84 Å². The molecule has 0 fully saturated rings. The molecule has 1 aromatic carbocycles. The van der Waals surface area contributed by atoms with E-state index in [1.165, 1.54) is 6.07 Å². The zero-order valence-electron chi connectivity index (χ0n) is 9.42. The number of aromatic amines is 1. The molecule has 0 saturated heterocycles. The lowest BCUT2D eigenvalue weighted by Crippen LogP contribution is -2.15. The second-order valence-electron chi connectivity index (χ2n) is 3.68. The van der Waals surface area contributed by atoms with Crippen molar-refractivity contribution in [2.45, 2.75) is 0 Å². The number of hydrogen-bond acceptors (Lipinski definition) is 4. The molecule has 0 saturated carbocycles. The van der Waals surface area contributed by atoms with Gasteiger partial charge in [0.25, 0.3) is 5.56 Å². The number of nitrogens with two attached hydrogens (primary N) is 2. The molecule has 2 aromatic rings. The van der Waals surface area contributed by atoms with Gasteiger partial charge in [-0.3, -0.25) is 4.79 Å². The van der Waals surface area contributed by atoms with E-state index in [2.05, 4.69) is 10.1 Å². The average molecular weight is 244 g/mol. The van der Waals surface area contributed by atoms with E-state index in [1.54, 1.807) is 30.3 Å². The summed E-state index contributed by atoms with van der Waals surface area (Å²) in [6, 6.07) is 9.99. The Morgan fingerprint density at radius 3 is 2.39 bits per heavy atom. The number of nitrogens with zero attached hydrogens (tertiary/aromatic N) is 1. The van der Waals surface area contributed by atoms with Gasteiger partial charge in [-0.15, -0.1) is 0 Å². The molecule has 2 rings (SSSR count). The van der Waals surface area contributed by atoms with E-state index in [9.17, 15) is 4.79 Å². The van der Waals surface area contributed by atoms with Crippen LogP contribution in [0.1, 0.15) is 5.56 Å². The molecule has 0 aliphatic carbocycles. The highest BCUT2D eigenvalue weighted by Crippen LogP contribution is 2.17. The van der Waals surface area contributed by atoms with Crippen LogP contribution in [0.15, 0.2) is 46.3 Å². The van der Waals surface area contributed by atoms with Crippen molar-refractivity contribution in [3.63, 3.8) is 0 Å². The number of amidine groups is 1. The zero-order valence-corrected chi connectivity index (χ0v) is 9.42. The highest BCUT2D eigenvalue weighted by Gasteiger charge is 2.03. The molecule has 0 atom stereocenters. The first-order chi connectivity index (χ1) is 8.61. The monoisotopic (exact) mass is 244 g/mol. The Morgan fingerprint density at radius 1 is 1.17 bits per heavy atom. The molecule has 6 N–H and O–H groups in total. The molecule has 0 unspecified atom stereocenters. The fourth-order valence-electron chi connectivity index (χ4n) is 1.53. The summed E-state index contributed by atoms with van der Waals surface area (Å²) in [5.74, 6) is 5.00. The highest BCUT2D eigenvalue weighted by atomic mass is 16.3. The van der Waals surface area contributed by atoms with Gasteiger partial charge in [0.15, 0.2) is 5.75 Å². The summed E-state index contributed by atoms with van der Waals surface area (Å²) in [4.78, 5) is 13.8. The Morgan fingerprint density at radius 2 is 1.83 bits per heavy atom. The van der Waals surface area contributed by atoms with Crippen molar-refractivity contribution in [1.29, 1.82) is 0 Å². The first-order valence-corrected chi connectivity index (χ1v) is 5.18. The second kappa shape index (κ2) is 4.62. The summed E-state index contributed by atoms with van der Waals surface area (Å²) >= 11 is 0. The van der Waals surface area contributed by atoms with Crippen LogP contribution in [-0.4, -0.2) is 15.9 Å². The number of H-pyrrole nitrogens is 1. The fourth-order valence-corrected chi connectivity index (χ4v) is 1.53. The van der Waals surface area contributed by atoms with Crippen molar-refractivity contribution in [2.24, 2.45) is 16.7 Å². The highest BCUT2D eigenvalue weighted by molar-refractivity contribution is 5.97. The van der Waals surface area contributed by atoms with E-state index in [-0.39, 0.29) is 11.6 Å². The minimum absolute atomic E-state index is 0.237. The van der Waals surface area contributed by atoms with Gasteiger partial charge in [-0.2, -0.15) is 5.10 Å². The number of aromatic nitrogens is 1. The summed E-state index contributed by atoms with van der Waals surface area (Å²) in [7, 11) is 0. The van der Waals surface area contributed by atoms with Crippen molar-refractivity contribution in [3.05, 3.63) is 52.3 Å². The third-order valence-corrected chi connectivity index (χ3v) is 2.52. The lowest BCUT2D eigenvalue weighted by atomic mass is 10.1. The predicted molar refractivity (Wildman–Crippen MR) is 69.1 cm³/mol. The molecule has 1 aromatic heterocycles. The van der Waals surface area contributed by atoms with Gasteiger partial charge >= 0.3 is 0 Å². The molecule has 0 bridgehead atoms. The molecule has 1 heterocycles. The average Bonchev–Trinajstić information content (AvgIpc) is 2.41. The lowest BCUT2D eigenvalue weighted by Gasteiger charge is -2.04. The Bertz CT molecular complexity index is 644. The Kier molecular flexibility index (Phi) is 3.01. The Labute approximate surface area is 103 Å². The van der Waals surface area contributed by atoms with E-state index in [0.29, 0.717) is 11.3 Å². The van der Waals surface area contributed by atoms with Crippen LogP contribution in [-0.2, 0) is 0 Å². The van der Waals surface area contributed by atoms with Crippen LogP contribution in [0.25, 0.3) is 11.3 Å². The molecule has 6 heteroatoms. The van der Waals surface area contributed by atoms with Gasteiger partial charge in [-0.1, -0.05) is 24.3 Å². The van der Waals surface area contributed by atoms with Crippen LogP contribution < -0.4 is 17.1 Å². The van der Waals surface area contributed by atoms with E-state index < -0.39 is 5.56 Å². The zero-order chi connectivity index (χ0) is 13.1. The summed E-state index contributed by atoms with van der Waals surface area (Å²) in [6.45, 7) is 0. The number of hydrazone groups is 1. The molecular weight excluding hydrogens is 232 g/mol. The molecule has 0 radical (unpaired) electrons. The van der Waals surface area contributed by atoms with Gasteiger partial charge in [0.2, 0.25) is 0 Å². The first kappa shape index (κ1) is 11.7. The smallest absolute Gasteiger partial charge is 0.290 e. The largest absolute Gasteiger partial charge is 0.503 e. The third-order valence-electron chi connectivity index (χ3n) is 2.52. The Balaban J connectivity index is 2.40. The topological polar surface area (TPSA) is 117 Å². The summed E-state index contributed by atoms with van der Waals surface area (Å²) in [6.07, 6.45) is 0. The first-order valence-electron chi connectivity index (χ1n) is 5.18. The fraction of sp³-hybridized carbons (Fsp3) is 0. The maximum absolute atomic E-state index is 11.3. The third kappa shape index (κ3) is 2.17. The van der Waals surface area contributed by atoms with Gasteiger partial charge in [0, 0.05) is 11.3 Å². The quantitative estimate of drug-likeness (QED) is 0.263. The predicted octanol–water partition coefficient (Wildman–Crippen LogP) is 0.326. The number of benzene rings is 1. The lowest BCUT2D eigenvalue weighted by molar-refractivity contribution is 0.467. The van der Waals surface area contributed by atoms with Crippen LogP contribution in [0.5, 0.6) is 5.75 Å². The van der Waals surface area contributed by atoms with Crippen molar-refractivity contribution in [2.75, 3.05) is 0 Å². The molecule has 92 valence electrons. The number of pyridine rings is 1.